The Balaban J connectivity index is 1.98. The van der Waals surface area contributed by atoms with Gasteiger partial charge in [-0.3, -0.25) is 9.59 Å². The summed E-state index contributed by atoms with van der Waals surface area (Å²) >= 11 is 12.2. The molecule has 1 atom stereocenters. The molecule has 1 amide bonds. The Hall–Kier alpha value is -2.34. The molecule has 1 aliphatic rings. The van der Waals surface area contributed by atoms with Crippen LogP contribution in [0.4, 0.5) is 0 Å². The molecular formula is C21H17Cl2NO4. The number of nitrogens with zero attached hydrogens (tertiary/aromatic N) is 1. The Morgan fingerprint density at radius 1 is 1.11 bits per heavy atom. The molecule has 0 aliphatic carbocycles. The average Bonchev–Trinajstić information content (AvgIpc) is 2.95. The fraction of sp³-hybridized carbons (Fsp3) is 0.238. The third-order valence-corrected chi connectivity index (χ3v) is 5.68. The molecule has 0 radical (unpaired) electrons. The van der Waals surface area contributed by atoms with E-state index < -0.39 is 6.04 Å². The Bertz CT molecular complexity index is 1160. The molecule has 0 bridgehead atoms. The minimum absolute atomic E-state index is 0.0374. The van der Waals surface area contributed by atoms with E-state index in [1.807, 2.05) is 13.0 Å². The van der Waals surface area contributed by atoms with Gasteiger partial charge in [0.25, 0.3) is 5.91 Å². The second kappa shape index (κ2) is 7.24. The molecule has 0 spiro atoms. The first-order valence-electron chi connectivity index (χ1n) is 8.86. The summed E-state index contributed by atoms with van der Waals surface area (Å²) in [5.74, 6) is -0.338. The summed E-state index contributed by atoms with van der Waals surface area (Å²) in [7, 11) is 0. The second-order valence-corrected chi connectivity index (χ2v) is 7.64. The highest BCUT2D eigenvalue weighted by Gasteiger charge is 2.42. The summed E-state index contributed by atoms with van der Waals surface area (Å²) in [5, 5.41) is 10.4. The van der Waals surface area contributed by atoms with Crippen LogP contribution in [0.25, 0.3) is 11.0 Å². The van der Waals surface area contributed by atoms with E-state index in [4.69, 9.17) is 27.6 Å². The van der Waals surface area contributed by atoms with Crippen LogP contribution in [0, 0.1) is 6.92 Å². The maximum absolute atomic E-state index is 13.3. The Morgan fingerprint density at radius 3 is 2.61 bits per heavy atom. The minimum Gasteiger partial charge on any atom is -0.450 e. The largest absolute Gasteiger partial charge is 0.450 e. The summed E-state index contributed by atoms with van der Waals surface area (Å²) in [6.07, 6.45) is 0.379. The number of aliphatic hydroxyl groups is 1. The van der Waals surface area contributed by atoms with Crippen molar-refractivity contribution in [1.82, 2.24) is 4.90 Å². The van der Waals surface area contributed by atoms with Crippen molar-refractivity contribution >= 4 is 40.1 Å². The van der Waals surface area contributed by atoms with E-state index in [-0.39, 0.29) is 30.2 Å². The lowest BCUT2D eigenvalue weighted by atomic mass is 9.98. The van der Waals surface area contributed by atoms with E-state index in [0.717, 1.165) is 5.56 Å². The SMILES string of the molecule is Cc1ccc2oc3c(c(=O)c2c1)C(c1ccc(Cl)c(Cl)c1)N(CCCO)C3=O. The Labute approximate surface area is 171 Å². The van der Waals surface area contributed by atoms with Crippen molar-refractivity contribution < 1.29 is 14.3 Å². The highest BCUT2D eigenvalue weighted by Crippen LogP contribution is 2.39. The molecule has 4 rings (SSSR count). The highest BCUT2D eigenvalue weighted by atomic mass is 35.5. The highest BCUT2D eigenvalue weighted by molar-refractivity contribution is 6.42. The van der Waals surface area contributed by atoms with Crippen molar-refractivity contribution in [3.8, 4) is 0 Å². The van der Waals surface area contributed by atoms with Crippen LogP contribution in [0.5, 0.6) is 0 Å². The minimum atomic E-state index is -0.648. The number of fused-ring (bicyclic) bond motifs is 2. The third-order valence-electron chi connectivity index (χ3n) is 4.94. The van der Waals surface area contributed by atoms with Crippen molar-refractivity contribution in [1.29, 1.82) is 0 Å². The maximum atomic E-state index is 13.3. The topological polar surface area (TPSA) is 70.8 Å². The predicted molar refractivity (Wildman–Crippen MR) is 108 cm³/mol. The molecule has 0 saturated carbocycles. The van der Waals surface area contributed by atoms with Gasteiger partial charge in [0.05, 0.1) is 27.0 Å². The van der Waals surface area contributed by atoms with Gasteiger partial charge >= 0.3 is 0 Å². The molecule has 7 heteroatoms. The molecule has 5 nitrogen and oxygen atoms in total. The first kappa shape index (κ1) is 19.0. The van der Waals surface area contributed by atoms with Crippen molar-refractivity contribution in [2.45, 2.75) is 19.4 Å². The Morgan fingerprint density at radius 2 is 1.89 bits per heavy atom. The number of hydrogen-bond acceptors (Lipinski definition) is 4. The fourth-order valence-electron chi connectivity index (χ4n) is 3.63. The van der Waals surface area contributed by atoms with Crippen LogP contribution in [0.2, 0.25) is 10.0 Å². The predicted octanol–water partition coefficient (Wildman–Crippen LogP) is 4.34. The lowest BCUT2D eigenvalue weighted by Gasteiger charge is -2.25. The van der Waals surface area contributed by atoms with Gasteiger partial charge < -0.3 is 14.4 Å². The van der Waals surface area contributed by atoms with Crippen molar-refractivity contribution in [3.63, 3.8) is 0 Å². The van der Waals surface area contributed by atoms with Gasteiger partial charge in [0.1, 0.15) is 5.58 Å². The number of carbonyl (C=O) groups is 1. The number of aliphatic hydroxyl groups excluding tert-OH is 1. The van der Waals surface area contributed by atoms with Crippen LogP contribution < -0.4 is 5.43 Å². The van der Waals surface area contributed by atoms with Crippen LogP contribution >= 0.6 is 23.2 Å². The van der Waals surface area contributed by atoms with E-state index in [2.05, 4.69) is 0 Å². The quantitative estimate of drug-likeness (QED) is 0.685. The summed E-state index contributed by atoms with van der Waals surface area (Å²) in [5.41, 5.74) is 2.01. The van der Waals surface area contributed by atoms with Gasteiger partial charge in [-0.2, -0.15) is 0 Å². The van der Waals surface area contributed by atoms with Crippen LogP contribution in [-0.2, 0) is 0 Å². The van der Waals surface area contributed by atoms with Gasteiger partial charge in [-0.25, -0.2) is 0 Å². The van der Waals surface area contributed by atoms with Gasteiger partial charge in [0.2, 0.25) is 5.76 Å². The number of benzene rings is 2. The van der Waals surface area contributed by atoms with Gasteiger partial charge in [-0.1, -0.05) is 40.9 Å². The molecule has 28 heavy (non-hydrogen) atoms. The summed E-state index contributed by atoms with van der Waals surface area (Å²) in [6.45, 7) is 2.09. The molecule has 1 N–H and O–H groups in total. The van der Waals surface area contributed by atoms with Crippen molar-refractivity contribution in [3.05, 3.63) is 79.1 Å². The monoisotopic (exact) mass is 417 g/mol. The van der Waals surface area contributed by atoms with Crippen LogP contribution in [-0.4, -0.2) is 29.1 Å². The molecule has 1 aromatic heterocycles. The summed E-state index contributed by atoms with van der Waals surface area (Å²) in [6, 6.07) is 9.68. The number of halogens is 2. The van der Waals surface area contributed by atoms with Crippen LogP contribution in [0.3, 0.4) is 0 Å². The maximum Gasteiger partial charge on any atom is 0.290 e. The van der Waals surface area contributed by atoms with Gasteiger partial charge in [-0.15, -0.1) is 0 Å². The molecule has 3 aromatic rings. The zero-order valence-electron chi connectivity index (χ0n) is 15.0. The van der Waals surface area contributed by atoms with Crippen molar-refractivity contribution in [2.24, 2.45) is 0 Å². The molecule has 144 valence electrons. The molecule has 2 aromatic carbocycles. The number of hydrogen-bond donors (Lipinski definition) is 1. The van der Waals surface area contributed by atoms with E-state index in [9.17, 15) is 14.7 Å². The number of rotatable bonds is 4. The fourth-order valence-corrected chi connectivity index (χ4v) is 3.94. The first-order chi connectivity index (χ1) is 13.4. The molecule has 2 heterocycles. The van der Waals surface area contributed by atoms with Gasteiger partial charge in [0.15, 0.2) is 5.43 Å². The zero-order chi connectivity index (χ0) is 20.0. The number of aryl methyl sites for hydroxylation is 1. The lowest BCUT2D eigenvalue weighted by molar-refractivity contribution is 0.0716. The average molecular weight is 418 g/mol. The molecule has 1 aliphatic heterocycles. The molecule has 0 fully saturated rings. The molecular weight excluding hydrogens is 401 g/mol. The second-order valence-electron chi connectivity index (χ2n) is 6.83. The van der Waals surface area contributed by atoms with Gasteiger partial charge in [0, 0.05) is 13.2 Å². The lowest BCUT2D eigenvalue weighted by Crippen LogP contribution is -2.31. The standard InChI is InChI=1S/C21H17Cl2NO4/c1-11-3-6-16-13(9-11)19(26)17-18(12-4-5-14(22)15(23)10-12)24(7-2-8-25)21(27)20(17)28-16/h3-6,9-10,18,25H,2,7-8H2,1H3. The summed E-state index contributed by atoms with van der Waals surface area (Å²) in [4.78, 5) is 27.9. The van der Waals surface area contributed by atoms with Gasteiger partial charge in [-0.05, 0) is 43.2 Å². The normalized spacial score (nSPS) is 16.1. The molecule has 0 saturated heterocycles. The zero-order valence-corrected chi connectivity index (χ0v) is 16.5. The van der Waals surface area contributed by atoms with Crippen LogP contribution in [0.1, 0.15) is 39.7 Å². The number of carbonyl (C=O) groups excluding carboxylic acids is 1. The van der Waals surface area contributed by atoms with E-state index >= 15 is 0 Å². The van der Waals surface area contributed by atoms with Crippen LogP contribution in [0.15, 0.2) is 45.6 Å². The van der Waals surface area contributed by atoms with E-state index in [0.29, 0.717) is 38.6 Å². The summed E-state index contributed by atoms with van der Waals surface area (Å²) < 4.78 is 5.86. The first-order valence-corrected chi connectivity index (χ1v) is 9.62. The third kappa shape index (κ3) is 3.00. The Kier molecular flexibility index (Phi) is 4.91. The van der Waals surface area contributed by atoms with Crippen molar-refractivity contribution in [2.75, 3.05) is 13.2 Å². The smallest absolute Gasteiger partial charge is 0.290 e. The van der Waals surface area contributed by atoms with E-state index in [1.165, 1.54) is 4.90 Å². The van der Waals surface area contributed by atoms with E-state index in [1.54, 1.807) is 30.3 Å². The number of amides is 1. The molecule has 1 unspecified atom stereocenters.